The molecule has 0 bridgehead atoms. The van der Waals surface area contributed by atoms with Crippen molar-refractivity contribution in [2.75, 3.05) is 52.9 Å². The van der Waals surface area contributed by atoms with Gasteiger partial charge in [-0.2, -0.15) is 16.8 Å². The number of rotatable bonds is 47. The number of nitrogens with zero attached hydrogens (tertiary/aromatic N) is 2. The molecule has 68 heavy (non-hydrogen) atoms. The standard InChI is InChI=1S/C50H84N2O14S2/c1-3-5-7-9-23-27-37-63-47(43-65-67(57,58)49-33-29-31-45(39-49)51(53)54)41-61-35-25-21-19-17-15-13-11-12-14-16-18-20-22-26-36-62-42-48(64-38-28-24-10-8-6-4-2)44-66-68(59,60)50-34-30-32-46(40-50)52(55)56/h29-34,39-40,47-48H,3-28,35-38,41-44H2,1-2H3/t47-,48-/m0/s1. The van der Waals surface area contributed by atoms with Crippen LogP contribution in [0.5, 0.6) is 0 Å². The predicted octanol–water partition coefficient (Wildman–Crippen LogP) is 12.6. The second-order valence-corrected chi connectivity index (χ2v) is 20.8. The van der Waals surface area contributed by atoms with Crippen molar-refractivity contribution in [2.45, 2.75) is 203 Å². The van der Waals surface area contributed by atoms with Crippen LogP contribution in [0.25, 0.3) is 0 Å². The fourth-order valence-electron chi connectivity index (χ4n) is 7.48. The molecule has 2 rings (SSSR count). The minimum atomic E-state index is -4.21. The van der Waals surface area contributed by atoms with Gasteiger partial charge in [0.1, 0.15) is 22.0 Å². The van der Waals surface area contributed by atoms with E-state index >= 15 is 0 Å². The van der Waals surface area contributed by atoms with Crippen molar-refractivity contribution in [3.05, 3.63) is 68.8 Å². The summed E-state index contributed by atoms with van der Waals surface area (Å²) >= 11 is 0. The maximum atomic E-state index is 12.8. The van der Waals surface area contributed by atoms with Crippen LogP contribution in [0.3, 0.4) is 0 Å². The highest BCUT2D eigenvalue weighted by Gasteiger charge is 2.23. The Morgan fingerprint density at radius 3 is 1.03 bits per heavy atom. The monoisotopic (exact) mass is 1000 g/mol. The molecule has 0 N–H and O–H groups in total. The van der Waals surface area contributed by atoms with Gasteiger partial charge in [0.05, 0.1) is 36.3 Å². The molecule has 16 nitrogen and oxygen atoms in total. The predicted molar refractivity (Wildman–Crippen MR) is 265 cm³/mol. The average Bonchev–Trinajstić information content (AvgIpc) is 3.33. The summed E-state index contributed by atoms with van der Waals surface area (Å²) in [4.78, 5) is 20.5. The number of benzene rings is 2. The third-order valence-corrected chi connectivity index (χ3v) is 14.1. The lowest BCUT2D eigenvalue weighted by Gasteiger charge is -2.18. The van der Waals surface area contributed by atoms with Crippen molar-refractivity contribution in [3.63, 3.8) is 0 Å². The Hall–Kier alpha value is -3.10. The number of hydrogen-bond acceptors (Lipinski definition) is 14. The van der Waals surface area contributed by atoms with Gasteiger partial charge in [-0.15, -0.1) is 0 Å². The van der Waals surface area contributed by atoms with Crippen molar-refractivity contribution in [3.8, 4) is 0 Å². The molecule has 0 aliphatic carbocycles. The first kappa shape index (κ1) is 61.0. The summed E-state index contributed by atoms with van der Waals surface area (Å²) in [6.45, 7) is 6.34. The van der Waals surface area contributed by atoms with Gasteiger partial charge in [-0.3, -0.25) is 28.6 Å². The molecule has 0 aliphatic heterocycles. The number of nitro groups is 2. The highest BCUT2D eigenvalue weighted by atomic mass is 32.2. The van der Waals surface area contributed by atoms with Crippen molar-refractivity contribution in [1.82, 2.24) is 0 Å². The lowest BCUT2D eigenvalue weighted by molar-refractivity contribution is -0.385. The maximum Gasteiger partial charge on any atom is 0.297 e. The highest BCUT2D eigenvalue weighted by Crippen LogP contribution is 2.22. The molecule has 0 heterocycles. The molecule has 0 aliphatic rings. The first-order valence-electron chi connectivity index (χ1n) is 25.6. The number of unbranched alkanes of at least 4 members (excludes halogenated alkanes) is 23. The van der Waals surface area contributed by atoms with E-state index in [1.807, 2.05) is 0 Å². The van der Waals surface area contributed by atoms with E-state index in [4.69, 9.17) is 27.3 Å². The Balaban J connectivity index is 1.54. The first-order chi connectivity index (χ1) is 32.9. The molecule has 0 saturated carbocycles. The normalized spacial score (nSPS) is 12.9. The topological polar surface area (TPSA) is 210 Å². The van der Waals surface area contributed by atoms with Gasteiger partial charge in [-0.1, -0.05) is 167 Å². The third-order valence-electron chi connectivity index (χ3n) is 11.6. The third kappa shape index (κ3) is 29.8. The average molecular weight is 1000 g/mol. The molecular weight excluding hydrogens is 917 g/mol. The quantitative estimate of drug-likeness (QED) is 0.0261. The Bertz CT molecular complexity index is 1700. The minimum Gasteiger partial charge on any atom is -0.379 e. The minimum absolute atomic E-state index is 0.203. The van der Waals surface area contributed by atoms with E-state index < -0.39 is 42.3 Å². The van der Waals surface area contributed by atoms with Gasteiger partial charge >= 0.3 is 0 Å². The molecule has 18 heteroatoms. The van der Waals surface area contributed by atoms with Crippen LogP contribution in [0, 0.1) is 20.2 Å². The van der Waals surface area contributed by atoms with Gasteiger partial charge in [0.15, 0.2) is 0 Å². The molecular formula is C50H84N2O14S2. The summed E-state index contributed by atoms with van der Waals surface area (Å²) in [7, 11) is -8.42. The van der Waals surface area contributed by atoms with Crippen LogP contribution in [0.1, 0.15) is 181 Å². The molecule has 2 atom stereocenters. The zero-order chi connectivity index (χ0) is 49.6. The lowest BCUT2D eigenvalue weighted by atomic mass is 10.0. The second-order valence-electron chi connectivity index (χ2n) is 17.6. The number of hydrogen-bond donors (Lipinski definition) is 0. The van der Waals surface area contributed by atoms with Crippen LogP contribution in [0.4, 0.5) is 11.4 Å². The van der Waals surface area contributed by atoms with Crippen molar-refractivity contribution < 1.29 is 54.0 Å². The van der Waals surface area contributed by atoms with Crippen LogP contribution < -0.4 is 0 Å². The van der Waals surface area contributed by atoms with E-state index in [2.05, 4.69) is 13.8 Å². The molecule has 0 fully saturated rings. The van der Waals surface area contributed by atoms with E-state index in [0.29, 0.717) is 26.4 Å². The SMILES string of the molecule is CCCCCCCCO[C@@H](COCCCCCCCCCCCCCCCCOC[C@@H](COS(=O)(=O)c1cccc([N+](=O)[O-])c1)OCCCCCCCC)COS(=O)(=O)c1cccc([N+](=O)[O-])c1. The maximum absolute atomic E-state index is 12.8. The molecule has 0 saturated heterocycles. The van der Waals surface area contributed by atoms with E-state index in [1.54, 1.807) is 0 Å². The molecule has 2 aromatic carbocycles. The van der Waals surface area contributed by atoms with Crippen LogP contribution in [-0.4, -0.2) is 91.7 Å². The zero-order valence-electron chi connectivity index (χ0n) is 41.2. The van der Waals surface area contributed by atoms with E-state index in [9.17, 15) is 37.1 Å². The molecule has 0 unspecified atom stereocenters. The molecule has 0 spiro atoms. The van der Waals surface area contributed by atoms with Crippen molar-refractivity contribution in [2.24, 2.45) is 0 Å². The Kier molecular flexibility index (Phi) is 34.7. The van der Waals surface area contributed by atoms with Gasteiger partial charge in [0.25, 0.3) is 31.6 Å². The fraction of sp³-hybridized carbons (Fsp3) is 0.760. The molecule has 2 aromatic rings. The van der Waals surface area contributed by atoms with E-state index in [0.717, 1.165) is 89.2 Å². The number of ether oxygens (including phenoxy) is 4. The van der Waals surface area contributed by atoms with E-state index in [-0.39, 0.29) is 47.6 Å². The smallest absolute Gasteiger partial charge is 0.297 e. The van der Waals surface area contributed by atoms with Crippen LogP contribution in [0.2, 0.25) is 0 Å². The molecule has 390 valence electrons. The number of non-ortho nitro benzene ring substituents is 2. The summed E-state index contributed by atoms with van der Waals surface area (Å²) in [6.07, 6.45) is 28.0. The van der Waals surface area contributed by atoms with Crippen molar-refractivity contribution in [1.29, 1.82) is 0 Å². The largest absolute Gasteiger partial charge is 0.379 e. The van der Waals surface area contributed by atoms with Gasteiger partial charge < -0.3 is 18.9 Å². The van der Waals surface area contributed by atoms with Crippen LogP contribution in [-0.2, 0) is 47.5 Å². The Labute approximate surface area is 408 Å². The second kappa shape index (κ2) is 38.6. The zero-order valence-corrected chi connectivity index (χ0v) is 42.9. The van der Waals surface area contributed by atoms with Gasteiger partial charge in [0, 0.05) is 50.7 Å². The summed E-state index contributed by atoms with van der Waals surface area (Å²) in [6, 6.07) is 9.64. The van der Waals surface area contributed by atoms with Gasteiger partial charge in [-0.05, 0) is 37.8 Å². The first-order valence-corrected chi connectivity index (χ1v) is 28.4. The lowest BCUT2D eigenvalue weighted by Crippen LogP contribution is -2.28. The highest BCUT2D eigenvalue weighted by molar-refractivity contribution is 7.87. The van der Waals surface area contributed by atoms with Crippen LogP contribution in [0.15, 0.2) is 58.3 Å². The Morgan fingerprint density at radius 2 is 0.721 bits per heavy atom. The van der Waals surface area contributed by atoms with E-state index in [1.165, 1.54) is 126 Å². The van der Waals surface area contributed by atoms with Gasteiger partial charge in [-0.25, -0.2) is 0 Å². The summed E-state index contributed by atoms with van der Waals surface area (Å²) in [5.41, 5.74) is -0.646. The Morgan fingerprint density at radius 1 is 0.426 bits per heavy atom. The van der Waals surface area contributed by atoms with Gasteiger partial charge in [0.2, 0.25) is 0 Å². The summed E-state index contributed by atoms with van der Waals surface area (Å²) < 4.78 is 85.5. The fourth-order valence-corrected chi connectivity index (χ4v) is 9.44. The summed E-state index contributed by atoms with van der Waals surface area (Å²) in [5, 5.41) is 22.3. The molecule has 0 radical (unpaired) electrons. The van der Waals surface area contributed by atoms with Crippen LogP contribution >= 0.6 is 0 Å². The molecule has 0 aromatic heterocycles. The summed E-state index contributed by atoms with van der Waals surface area (Å²) in [5.74, 6) is 0. The number of nitro benzene ring substituents is 2. The van der Waals surface area contributed by atoms with Crippen molar-refractivity contribution >= 4 is 31.6 Å². The molecule has 0 amide bonds.